The second kappa shape index (κ2) is 7.45. The molecule has 0 unspecified atom stereocenters. The van der Waals surface area contributed by atoms with E-state index in [2.05, 4.69) is 20.0 Å². The van der Waals surface area contributed by atoms with Gasteiger partial charge in [0, 0.05) is 0 Å². The Hall–Kier alpha value is -2.78. The number of hydrogen-bond donors (Lipinski definition) is 3. The van der Waals surface area contributed by atoms with Crippen molar-refractivity contribution in [1.29, 1.82) is 0 Å². The number of carbonyl (C=O) groups excluding carboxylic acids is 1. The molecule has 1 amide bonds. The summed E-state index contributed by atoms with van der Waals surface area (Å²) >= 11 is 0. The number of hydrogen-bond acceptors (Lipinski definition) is 4. The minimum Gasteiger partial charge on any atom is -0.324 e. The molecule has 0 spiro atoms. The molecule has 3 N–H and O–H groups in total. The summed E-state index contributed by atoms with van der Waals surface area (Å²) in [5, 5.41) is 2.58. The molecule has 9 heteroatoms. The van der Waals surface area contributed by atoms with Gasteiger partial charge in [-0.25, -0.2) is 17.8 Å². The topological polar surface area (TPSA) is 104 Å². The summed E-state index contributed by atoms with van der Waals surface area (Å²) < 4.78 is 41.2. The van der Waals surface area contributed by atoms with Crippen LogP contribution in [-0.2, 0) is 14.8 Å². The van der Waals surface area contributed by atoms with Gasteiger partial charge in [-0.2, -0.15) is 4.72 Å². The Balaban J connectivity index is 1.82. The standard InChI is InChI=1S/C18H19FN4O3S/c1-11(2)16(23-27(25,26)15-10-6-3-7-12(15)19)17(24)22-18-20-13-8-4-5-9-14(13)21-18/h3-11,16,23H,1-2H3,(H2,20,21,22,24)/t16-/m0/s1. The zero-order valence-corrected chi connectivity index (χ0v) is 15.5. The van der Waals surface area contributed by atoms with Crippen LogP contribution in [0.5, 0.6) is 0 Å². The summed E-state index contributed by atoms with van der Waals surface area (Å²) in [6.45, 7) is 3.37. The lowest BCUT2D eigenvalue weighted by atomic mass is 10.1. The van der Waals surface area contributed by atoms with Crippen LogP contribution >= 0.6 is 0 Å². The zero-order chi connectivity index (χ0) is 19.6. The molecule has 3 aromatic rings. The van der Waals surface area contributed by atoms with Gasteiger partial charge in [0.05, 0.1) is 11.0 Å². The van der Waals surface area contributed by atoms with E-state index in [1.807, 2.05) is 12.1 Å². The van der Waals surface area contributed by atoms with Crippen molar-refractivity contribution in [3.8, 4) is 0 Å². The van der Waals surface area contributed by atoms with Crippen LogP contribution in [0.15, 0.2) is 53.4 Å². The van der Waals surface area contributed by atoms with Crippen molar-refractivity contribution in [3.05, 3.63) is 54.3 Å². The second-order valence-corrected chi connectivity index (χ2v) is 8.05. The fourth-order valence-electron chi connectivity index (χ4n) is 2.59. The maximum atomic E-state index is 13.9. The maximum Gasteiger partial charge on any atom is 0.245 e. The molecule has 0 radical (unpaired) electrons. The van der Waals surface area contributed by atoms with E-state index in [1.165, 1.54) is 12.1 Å². The van der Waals surface area contributed by atoms with Crippen molar-refractivity contribution in [1.82, 2.24) is 14.7 Å². The number of sulfonamides is 1. The van der Waals surface area contributed by atoms with Crippen LogP contribution < -0.4 is 10.0 Å². The number of H-pyrrole nitrogens is 1. The maximum absolute atomic E-state index is 13.9. The second-order valence-electron chi connectivity index (χ2n) is 6.37. The molecule has 0 saturated carbocycles. The number of carbonyl (C=O) groups is 1. The first-order valence-electron chi connectivity index (χ1n) is 8.30. The van der Waals surface area contributed by atoms with Crippen LogP contribution in [0.1, 0.15) is 13.8 Å². The number of benzene rings is 2. The Morgan fingerprint density at radius 3 is 2.44 bits per heavy atom. The molecule has 3 rings (SSSR count). The van der Waals surface area contributed by atoms with E-state index in [0.717, 1.165) is 17.6 Å². The number of para-hydroxylation sites is 2. The number of nitrogens with one attached hydrogen (secondary N) is 3. The smallest absolute Gasteiger partial charge is 0.245 e. The molecule has 2 aromatic carbocycles. The van der Waals surface area contributed by atoms with E-state index >= 15 is 0 Å². The lowest BCUT2D eigenvalue weighted by molar-refractivity contribution is -0.118. The predicted octanol–water partition coefficient (Wildman–Crippen LogP) is 2.64. The molecule has 0 bridgehead atoms. The molecule has 142 valence electrons. The largest absolute Gasteiger partial charge is 0.324 e. The van der Waals surface area contributed by atoms with Crippen molar-refractivity contribution >= 4 is 32.9 Å². The summed E-state index contributed by atoms with van der Waals surface area (Å²) in [6.07, 6.45) is 0. The average Bonchev–Trinajstić information content (AvgIpc) is 3.01. The molecule has 0 aliphatic rings. The van der Waals surface area contributed by atoms with Crippen LogP contribution in [0.3, 0.4) is 0 Å². The monoisotopic (exact) mass is 390 g/mol. The van der Waals surface area contributed by atoms with E-state index in [9.17, 15) is 17.6 Å². The minimum absolute atomic E-state index is 0.205. The molecule has 7 nitrogen and oxygen atoms in total. The average molecular weight is 390 g/mol. The van der Waals surface area contributed by atoms with E-state index < -0.39 is 32.7 Å². The third kappa shape index (κ3) is 4.15. The lowest BCUT2D eigenvalue weighted by Gasteiger charge is -2.21. The van der Waals surface area contributed by atoms with Crippen molar-refractivity contribution < 1.29 is 17.6 Å². The van der Waals surface area contributed by atoms with Gasteiger partial charge >= 0.3 is 0 Å². The highest BCUT2D eigenvalue weighted by molar-refractivity contribution is 7.89. The molecular formula is C18H19FN4O3S. The number of imidazole rings is 1. The van der Waals surface area contributed by atoms with E-state index in [0.29, 0.717) is 5.52 Å². The van der Waals surface area contributed by atoms with Gasteiger partial charge in [-0.05, 0) is 30.2 Å². The van der Waals surface area contributed by atoms with Crippen molar-refractivity contribution in [2.24, 2.45) is 5.92 Å². The summed E-state index contributed by atoms with van der Waals surface area (Å²) in [7, 11) is -4.21. The quantitative estimate of drug-likeness (QED) is 0.602. The number of amides is 1. The molecular weight excluding hydrogens is 371 g/mol. The molecule has 0 aliphatic heterocycles. The highest BCUT2D eigenvalue weighted by Crippen LogP contribution is 2.17. The van der Waals surface area contributed by atoms with Crippen LogP contribution in [-0.4, -0.2) is 30.3 Å². The Morgan fingerprint density at radius 1 is 1.11 bits per heavy atom. The normalized spacial score (nSPS) is 13.0. The predicted molar refractivity (Wildman–Crippen MR) is 100 cm³/mol. The summed E-state index contributed by atoms with van der Waals surface area (Å²) in [4.78, 5) is 19.3. The van der Waals surface area contributed by atoms with E-state index in [1.54, 1.807) is 26.0 Å². The van der Waals surface area contributed by atoms with Gasteiger partial charge in [-0.15, -0.1) is 0 Å². The van der Waals surface area contributed by atoms with Gasteiger partial charge in [0.15, 0.2) is 0 Å². The first kappa shape index (κ1) is 19.0. The van der Waals surface area contributed by atoms with Gasteiger partial charge in [-0.1, -0.05) is 38.1 Å². The number of nitrogens with zero attached hydrogens (tertiary/aromatic N) is 1. The summed E-state index contributed by atoms with van der Waals surface area (Å²) in [5.74, 6) is -1.65. The number of anilines is 1. The molecule has 1 aromatic heterocycles. The van der Waals surface area contributed by atoms with Gasteiger partial charge in [0.25, 0.3) is 0 Å². The Bertz CT molecular complexity index is 1050. The van der Waals surface area contributed by atoms with Crippen LogP contribution in [0.2, 0.25) is 0 Å². The molecule has 0 saturated heterocycles. The Labute approximate surface area is 156 Å². The van der Waals surface area contributed by atoms with Gasteiger partial charge in [0.1, 0.15) is 16.8 Å². The summed E-state index contributed by atoms with van der Waals surface area (Å²) in [5.41, 5.74) is 1.40. The third-order valence-corrected chi connectivity index (χ3v) is 5.46. The molecule has 1 atom stereocenters. The van der Waals surface area contributed by atoms with Crippen molar-refractivity contribution in [2.45, 2.75) is 24.8 Å². The van der Waals surface area contributed by atoms with Gasteiger partial charge in [-0.3, -0.25) is 10.1 Å². The first-order chi connectivity index (χ1) is 12.8. The number of halogens is 1. The summed E-state index contributed by atoms with van der Waals surface area (Å²) in [6, 6.07) is 11.1. The van der Waals surface area contributed by atoms with Crippen LogP contribution in [0.4, 0.5) is 10.3 Å². The fourth-order valence-corrected chi connectivity index (χ4v) is 4.02. The highest BCUT2D eigenvalue weighted by Gasteiger charge is 2.30. The van der Waals surface area contributed by atoms with Gasteiger partial charge in [0.2, 0.25) is 21.9 Å². The van der Waals surface area contributed by atoms with Crippen LogP contribution in [0, 0.1) is 11.7 Å². The number of aromatic nitrogens is 2. The fraction of sp³-hybridized carbons (Fsp3) is 0.222. The van der Waals surface area contributed by atoms with Crippen LogP contribution in [0.25, 0.3) is 11.0 Å². The third-order valence-electron chi connectivity index (χ3n) is 3.99. The minimum atomic E-state index is -4.21. The SMILES string of the molecule is CC(C)[C@H](NS(=O)(=O)c1ccccc1F)C(=O)Nc1nc2ccccc2[nH]1. The zero-order valence-electron chi connectivity index (χ0n) is 14.7. The van der Waals surface area contributed by atoms with E-state index in [4.69, 9.17) is 0 Å². The molecule has 1 heterocycles. The lowest BCUT2D eigenvalue weighted by Crippen LogP contribution is -2.47. The molecule has 27 heavy (non-hydrogen) atoms. The van der Waals surface area contributed by atoms with Crippen molar-refractivity contribution in [2.75, 3.05) is 5.32 Å². The highest BCUT2D eigenvalue weighted by atomic mass is 32.2. The van der Waals surface area contributed by atoms with Crippen molar-refractivity contribution in [3.63, 3.8) is 0 Å². The Morgan fingerprint density at radius 2 is 1.78 bits per heavy atom. The molecule has 0 fully saturated rings. The number of aromatic amines is 1. The Kier molecular flexibility index (Phi) is 5.24. The number of fused-ring (bicyclic) bond motifs is 1. The molecule has 0 aliphatic carbocycles. The van der Waals surface area contributed by atoms with Gasteiger partial charge < -0.3 is 4.98 Å². The van der Waals surface area contributed by atoms with E-state index in [-0.39, 0.29) is 11.9 Å². The number of rotatable bonds is 6. The first-order valence-corrected chi connectivity index (χ1v) is 9.79.